The molecular weight excluding hydrogens is 310 g/mol. The predicted molar refractivity (Wildman–Crippen MR) is 87.9 cm³/mol. The third-order valence-electron chi connectivity index (χ3n) is 3.48. The van der Waals surface area contributed by atoms with Crippen LogP contribution in [0.5, 0.6) is 0 Å². The summed E-state index contributed by atoms with van der Waals surface area (Å²) in [6.45, 7) is 0.507. The van der Waals surface area contributed by atoms with Gasteiger partial charge in [-0.15, -0.1) is 23.7 Å². The van der Waals surface area contributed by atoms with Crippen LogP contribution in [0.3, 0.4) is 0 Å². The van der Waals surface area contributed by atoms with Gasteiger partial charge in [-0.3, -0.25) is 9.78 Å². The van der Waals surface area contributed by atoms with Gasteiger partial charge in [0.1, 0.15) is 9.88 Å². The van der Waals surface area contributed by atoms with E-state index in [0.717, 1.165) is 17.1 Å². The highest BCUT2D eigenvalue weighted by Crippen LogP contribution is 2.36. The van der Waals surface area contributed by atoms with E-state index in [-0.39, 0.29) is 11.6 Å². The number of rotatable bonds is 7. The smallest absolute Gasteiger partial charge is 0.263 e. The molecule has 1 amide bonds. The molecule has 0 radical (unpaired) electrons. The highest BCUT2D eigenvalue weighted by Gasteiger charge is 2.38. The topological polar surface area (TPSA) is 79.6 Å². The van der Waals surface area contributed by atoms with Gasteiger partial charge in [-0.05, 0) is 12.1 Å². The van der Waals surface area contributed by atoms with Crippen LogP contribution in [-0.4, -0.2) is 28.1 Å². The number of amides is 1. The molecule has 2 aromatic rings. The maximum Gasteiger partial charge on any atom is 0.263 e. The lowest BCUT2D eigenvalue weighted by Gasteiger charge is -2.08. The quantitative estimate of drug-likeness (QED) is 0.795. The second kappa shape index (κ2) is 6.67. The van der Waals surface area contributed by atoms with Crippen molar-refractivity contribution in [1.29, 1.82) is 0 Å². The molecule has 0 saturated heterocycles. The Kier molecular flexibility index (Phi) is 4.44. The van der Waals surface area contributed by atoms with Crippen molar-refractivity contribution in [3.8, 4) is 23.0 Å². The number of thiazole rings is 1. The second-order valence-corrected chi connectivity index (χ2v) is 6.17. The second-order valence-electron chi connectivity index (χ2n) is 5.14. The average molecular weight is 325 g/mol. The van der Waals surface area contributed by atoms with E-state index in [1.165, 1.54) is 11.3 Å². The van der Waals surface area contributed by atoms with Crippen molar-refractivity contribution in [2.75, 3.05) is 6.54 Å². The molecule has 0 spiro atoms. The monoisotopic (exact) mass is 325 g/mol. The molecular formula is C16H15N5OS. The molecule has 0 atom stereocenters. The molecule has 2 aromatic heterocycles. The zero-order valence-electron chi connectivity index (χ0n) is 12.4. The summed E-state index contributed by atoms with van der Waals surface area (Å²) < 4.78 is 0. The van der Waals surface area contributed by atoms with Crippen molar-refractivity contribution < 1.29 is 4.79 Å². The molecule has 0 fully saturated rings. The summed E-state index contributed by atoms with van der Waals surface area (Å²) in [7, 11) is 0. The van der Waals surface area contributed by atoms with E-state index in [1.807, 2.05) is 18.2 Å². The number of nitrogens with one attached hydrogen (secondary N) is 1. The molecule has 1 N–H and O–H groups in total. The number of nitrogens with zero attached hydrogens (tertiary/aromatic N) is 4. The largest absolute Gasteiger partial charge is 0.351 e. The fraction of sp³-hybridized carbons (Fsp3) is 0.312. The third kappa shape index (κ3) is 3.79. The first-order valence-electron chi connectivity index (χ1n) is 7.25. The molecule has 6 nitrogen and oxygen atoms in total. The minimum absolute atomic E-state index is 0.141. The van der Waals surface area contributed by atoms with E-state index in [9.17, 15) is 4.79 Å². The van der Waals surface area contributed by atoms with Crippen LogP contribution in [0.25, 0.3) is 10.7 Å². The molecule has 0 saturated carbocycles. The molecule has 0 aliphatic carbocycles. The molecule has 116 valence electrons. The van der Waals surface area contributed by atoms with E-state index in [0.29, 0.717) is 24.3 Å². The number of hydrogen-bond donors (Lipinski definition) is 1. The van der Waals surface area contributed by atoms with Crippen molar-refractivity contribution in [3.05, 3.63) is 35.5 Å². The Morgan fingerprint density at radius 3 is 2.87 bits per heavy atom. The van der Waals surface area contributed by atoms with Crippen LogP contribution in [-0.2, 0) is 0 Å². The van der Waals surface area contributed by atoms with Crippen molar-refractivity contribution in [1.82, 2.24) is 15.3 Å². The first-order valence-corrected chi connectivity index (χ1v) is 8.07. The van der Waals surface area contributed by atoms with Crippen LogP contribution in [0.1, 0.15) is 28.9 Å². The van der Waals surface area contributed by atoms with Gasteiger partial charge in [0.05, 0.1) is 11.9 Å². The van der Waals surface area contributed by atoms with Crippen molar-refractivity contribution in [3.63, 3.8) is 0 Å². The van der Waals surface area contributed by atoms with Crippen LogP contribution in [0.15, 0.2) is 40.8 Å². The molecule has 3 rings (SSSR count). The Hall–Kier alpha value is -2.59. The highest BCUT2D eigenvalue weighted by atomic mass is 32.1. The van der Waals surface area contributed by atoms with Crippen molar-refractivity contribution in [2.24, 2.45) is 10.2 Å². The van der Waals surface area contributed by atoms with Crippen LogP contribution < -0.4 is 5.32 Å². The number of terminal acetylenes is 1. The van der Waals surface area contributed by atoms with Crippen LogP contribution in [0.2, 0.25) is 0 Å². The molecule has 7 heteroatoms. The predicted octanol–water partition coefficient (Wildman–Crippen LogP) is 2.90. The van der Waals surface area contributed by atoms with E-state index in [2.05, 4.69) is 31.4 Å². The molecule has 1 aliphatic rings. The fourth-order valence-corrected chi connectivity index (χ4v) is 2.93. The van der Waals surface area contributed by atoms with Gasteiger partial charge in [0.2, 0.25) is 0 Å². The zero-order valence-corrected chi connectivity index (χ0v) is 13.2. The normalized spacial score (nSPS) is 14.2. The van der Waals surface area contributed by atoms with Crippen LogP contribution in [0, 0.1) is 12.3 Å². The van der Waals surface area contributed by atoms with Crippen LogP contribution in [0.4, 0.5) is 0 Å². The van der Waals surface area contributed by atoms with E-state index in [1.54, 1.807) is 12.4 Å². The maximum atomic E-state index is 12.2. The summed E-state index contributed by atoms with van der Waals surface area (Å²) in [6.07, 6.45) is 10.6. The Morgan fingerprint density at radius 2 is 2.17 bits per heavy atom. The summed E-state index contributed by atoms with van der Waals surface area (Å²) in [5, 5.41) is 11.7. The number of aromatic nitrogens is 2. The molecule has 0 unspecified atom stereocenters. The standard InChI is InChI=1S/C16H15N5OS/c1-2-3-7-16(20-21-16)8-10-18-14(22)13-11-19-15(23-13)12-6-4-5-9-17-12/h1,4-6,9,11H,3,7-8,10H2,(H,18,22). The Bertz CT molecular complexity index is 756. The Morgan fingerprint density at radius 1 is 1.30 bits per heavy atom. The van der Waals surface area contributed by atoms with Gasteiger partial charge in [0, 0.05) is 32.0 Å². The van der Waals surface area contributed by atoms with Crippen LogP contribution >= 0.6 is 11.3 Å². The Balaban J connectivity index is 1.52. The van der Waals surface area contributed by atoms with Gasteiger partial charge < -0.3 is 5.32 Å². The van der Waals surface area contributed by atoms with Crippen molar-refractivity contribution >= 4 is 17.2 Å². The lowest BCUT2D eigenvalue weighted by molar-refractivity contribution is 0.0955. The maximum absolute atomic E-state index is 12.2. The van der Waals surface area contributed by atoms with E-state index < -0.39 is 0 Å². The summed E-state index contributed by atoms with van der Waals surface area (Å²) in [5.74, 6) is 2.45. The number of carbonyl (C=O) groups is 1. The summed E-state index contributed by atoms with van der Waals surface area (Å²) in [4.78, 5) is 21.2. The number of carbonyl (C=O) groups excluding carboxylic acids is 1. The molecule has 23 heavy (non-hydrogen) atoms. The SMILES string of the molecule is C#CCCC1(CCNC(=O)c2cnc(-c3ccccn3)s2)N=N1. The number of hydrogen-bond acceptors (Lipinski definition) is 6. The van der Waals surface area contributed by atoms with Gasteiger partial charge in [-0.1, -0.05) is 6.07 Å². The average Bonchev–Trinajstić information content (AvgIpc) is 3.17. The zero-order chi connectivity index (χ0) is 16.1. The van der Waals surface area contributed by atoms with Gasteiger partial charge in [0.15, 0.2) is 5.66 Å². The summed E-state index contributed by atoms with van der Waals surface area (Å²) >= 11 is 1.32. The fourth-order valence-electron chi connectivity index (χ4n) is 2.12. The van der Waals surface area contributed by atoms with Gasteiger partial charge in [-0.2, -0.15) is 10.2 Å². The molecule has 1 aliphatic heterocycles. The van der Waals surface area contributed by atoms with E-state index in [4.69, 9.17) is 6.42 Å². The first-order chi connectivity index (χ1) is 11.2. The summed E-state index contributed by atoms with van der Waals surface area (Å²) in [6, 6.07) is 5.60. The number of pyridine rings is 1. The van der Waals surface area contributed by atoms with Gasteiger partial charge in [-0.25, -0.2) is 4.98 Å². The lowest BCUT2D eigenvalue weighted by atomic mass is 10.0. The van der Waals surface area contributed by atoms with E-state index >= 15 is 0 Å². The first kappa shape index (κ1) is 15.3. The molecule has 0 aromatic carbocycles. The summed E-state index contributed by atoms with van der Waals surface area (Å²) in [5.41, 5.74) is 0.396. The van der Waals surface area contributed by atoms with Gasteiger partial charge in [0.25, 0.3) is 5.91 Å². The lowest BCUT2D eigenvalue weighted by Crippen LogP contribution is -2.27. The third-order valence-corrected chi connectivity index (χ3v) is 4.50. The molecule has 3 heterocycles. The molecule has 0 bridgehead atoms. The van der Waals surface area contributed by atoms with Crippen molar-refractivity contribution in [2.45, 2.75) is 24.9 Å². The minimum Gasteiger partial charge on any atom is -0.351 e. The highest BCUT2D eigenvalue weighted by molar-refractivity contribution is 7.16. The van der Waals surface area contributed by atoms with Gasteiger partial charge >= 0.3 is 0 Å². The Labute approximate surface area is 138 Å². The minimum atomic E-state index is -0.369.